The predicted octanol–water partition coefficient (Wildman–Crippen LogP) is 3.06. The lowest BCUT2D eigenvalue weighted by atomic mass is 10.2. The Labute approximate surface area is 198 Å². The third-order valence-corrected chi connectivity index (χ3v) is 6.58. The van der Waals surface area contributed by atoms with Crippen molar-refractivity contribution in [2.45, 2.75) is 4.90 Å². The lowest BCUT2D eigenvalue weighted by Gasteiger charge is -2.25. The number of carbonyl (C=O) groups excluding carboxylic acids is 1. The SMILES string of the molecule is COc1ccc(OC)c(/C=N\NC(=O)CN(c2ccccc2OC)S(=O)(=O)c2ccccc2)c1. The van der Waals surface area contributed by atoms with Crippen molar-refractivity contribution in [3.05, 3.63) is 78.4 Å². The quantitative estimate of drug-likeness (QED) is 0.351. The fourth-order valence-electron chi connectivity index (χ4n) is 3.14. The number of hydrazone groups is 1. The molecule has 0 atom stereocenters. The lowest BCUT2D eigenvalue weighted by Crippen LogP contribution is -2.39. The van der Waals surface area contributed by atoms with E-state index in [1.54, 1.807) is 60.7 Å². The van der Waals surface area contributed by atoms with Gasteiger partial charge in [0.1, 0.15) is 23.8 Å². The van der Waals surface area contributed by atoms with Gasteiger partial charge in [-0.25, -0.2) is 13.8 Å². The first-order chi connectivity index (χ1) is 16.4. The second-order valence-electron chi connectivity index (χ2n) is 6.90. The molecule has 0 saturated carbocycles. The van der Waals surface area contributed by atoms with E-state index in [9.17, 15) is 13.2 Å². The van der Waals surface area contributed by atoms with Gasteiger partial charge < -0.3 is 14.2 Å². The zero-order chi connectivity index (χ0) is 24.6. The van der Waals surface area contributed by atoms with E-state index in [1.165, 1.54) is 39.7 Å². The van der Waals surface area contributed by atoms with E-state index in [2.05, 4.69) is 10.5 Å². The molecule has 9 nitrogen and oxygen atoms in total. The van der Waals surface area contributed by atoms with Crippen LogP contribution in [-0.2, 0) is 14.8 Å². The summed E-state index contributed by atoms with van der Waals surface area (Å²) in [5, 5.41) is 3.96. The number of hydrogen-bond acceptors (Lipinski definition) is 7. The number of carbonyl (C=O) groups is 1. The van der Waals surface area contributed by atoms with Gasteiger partial charge in [0.2, 0.25) is 0 Å². The molecular formula is C24H25N3O6S. The van der Waals surface area contributed by atoms with Crippen molar-refractivity contribution >= 4 is 27.8 Å². The summed E-state index contributed by atoms with van der Waals surface area (Å²) in [6.45, 7) is -0.524. The highest BCUT2D eigenvalue weighted by atomic mass is 32.2. The number of benzene rings is 3. The number of methoxy groups -OCH3 is 3. The van der Waals surface area contributed by atoms with Crippen molar-refractivity contribution < 1.29 is 27.4 Å². The second-order valence-corrected chi connectivity index (χ2v) is 8.76. The van der Waals surface area contributed by atoms with Crippen LogP contribution in [0.3, 0.4) is 0 Å². The fourth-order valence-corrected chi connectivity index (χ4v) is 4.59. The molecule has 0 aromatic heterocycles. The van der Waals surface area contributed by atoms with Crippen LogP contribution in [0.2, 0.25) is 0 Å². The summed E-state index contributed by atoms with van der Waals surface area (Å²) in [7, 11) is 0.397. The number of hydrogen-bond donors (Lipinski definition) is 1. The number of ether oxygens (including phenoxy) is 3. The Kier molecular flexibility index (Phi) is 8.10. The first kappa shape index (κ1) is 24.6. The van der Waals surface area contributed by atoms with Gasteiger partial charge >= 0.3 is 0 Å². The zero-order valence-electron chi connectivity index (χ0n) is 19.0. The second kappa shape index (κ2) is 11.2. The summed E-state index contributed by atoms with van der Waals surface area (Å²) < 4.78 is 43.6. The van der Waals surface area contributed by atoms with Gasteiger partial charge in [-0.2, -0.15) is 5.10 Å². The van der Waals surface area contributed by atoms with Crippen LogP contribution in [0.5, 0.6) is 17.2 Å². The van der Waals surface area contributed by atoms with Gasteiger partial charge in [0.05, 0.1) is 38.1 Å². The first-order valence-electron chi connectivity index (χ1n) is 10.2. The fraction of sp³-hybridized carbons (Fsp3) is 0.167. The molecule has 1 N–H and O–H groups in total. The topological polar surface area (TPSA) is 107 Å². The van der Waals surface area contributed by atoms with Gasteiger partial charge in [0.25, 0.3) is 15.9 Å². The first-order valence-corrected chi connectivity index (χ1v) is 11.6. The van der Waals surface area contributed by atoms with Crippen LogP contribution in [0.1, 0.15) is 5.56 Å². The maximum absolute atomic E-state index is 13.4. The Morgan fingerprint density at radius 3 is 2.26 bits per heavy atom. The number of anilines is 1. The van der Waals surface area contributed by atoms with Gasteiger partial charge in [-0.05, 0) is 42.5 Å². The molecule has 1 amide bonds. The molecule has 3 rings (SSSR count). The molecule has 0 heterocycles. The molecular weight excluding hydrogens is 458 g/mol. The zero-order valence-corrected chi connectivity index (χ0v) is 19.8. The van der Waals surface area contributed by atoms with Crippen LogP contribution in [0, 0.1) is 0 Å². The lowest BCUT2D eigenvalue weighted by molar-refractivity contribution is -0.119. The Morgan fingerprint density at radius 2 is 1.59 bits per heavy atom. The molecule has 10 heteroatoms. The van der Waals surface area contributed by atoms with Crippen LogP contribution in [0.25, 0.3) is 0 Å². The molecule has 0 saturated heterocycles. The minimum atomic E-state index is -4.07. The average molecular weight is 484 g/mol. The molecule has 0 unspecified atom stereocenters. The maximum Gasteiger partial charge on any atom is 0.264 e. The van der Waals surface area contributed by atoms with Gasteiger partial charge in [-0.3, -0.25) is 9.10 Å². The van der Waals surface area contributed by atoms with Crippen LogP contribution >= 0.6 is 0 Å². The van der Waals surface area contributed by atoms with E-state index in [4.69, 9.17) is 14.2 Å². The summed E-state index contributed by atoms with van der Waals surface area (Å²) in [6, 6.07) is 19.5. The molecule has 3 aromatic rings. The van der Waals surface area contributed by atoms with E-state index in [0.717, 1.165) is 4.31 Å². The molecule has 0 bridgehead atoms. The standard InChI is InChI=1S/C24H25N3O6S/c1-31-19-13-14-22(32-2)18(15-19)16-25-26-24(28)17-27(21-11-7-8-12-23(21)33-3)34(29,30)20-9-5-4-6-10-20/h4-16H,17H2,1-3H3,(H,26,28)/b25-16-. The Hall–Kier alpha value is -4.05. The highest BCUT2D eigenvalue weighted by Gasteiger charge is 2.29. The predicted molar refractivity (Wildman–Crippen MR) is 129 cm³/mol. The van der Waals surface area contributed by atoms with E-state index in [0.29, 0.717) is 22.8 Å². The molecule has 0 spiro atoms. The molecule has 3 aromatic carbocycles. The molecule has 0 aliphatic carbocycles. The summed E-state index contributed by atoms with van der Waals surface area (Å²) in [5.41, 5.74) is 3.16. The van der Waals surface area contributed by atoms with Crippen LogP contribution in [0.15, 0.2) is 82.8 Å². The highest BCUT2D eigenvalue weighted by molar-refractivity contribution is 7.92. The van der Waals surface area contributed by atoms with Crippen molar-refractivity contribution in [1.82, 2.24) is 5.43 Å². The number of nitrogens with one attached hydrogen (secondary N) is 1. The van der Waals surface area contributed by atoms with Crippen LogP contribution < -0.4 is 23.9 Å². The van der Waals surface area contributed by atoms with Gasteiger partial charge in [-0.1, -0.05) is 30.3 Å². The van der Waals surface area contributed by atoms with E-state index >= 15 is 0 Å². The molecule has 0 radical (unpaired) electrons. The molecule has 34 heavy (non-hydrogen) atoms. The van der Waals surface area contributed by atoms with Crippen molar-refractivity contribution in [2.75, 3.05) is 32.2 Å². The van der Waals surface area contributed by atoms with Gasteiger partial charge in [-0.15, -0.1) is 0 Å². The van der Waals surface area contributed by atoms with Crippen LogP contribution in [-0.4, -0.2) is 48.4 Å². The Bertz CT molecular complexity index is 1260. The molecule has 0 fully saturated rings. The summed E-state index contributed by atoms with van der Waals surface area (Å²) in [6.07, 6.45) is 1.39. The minimum absolute atomic E-state index is 0.0401. The van der Waals surface area contributed by atoms with Crippen molar-refractivity contribution in [2.24, 2.45) is 5.10 Å². The van der Waals surface area contributed by atoms with Gasteiger partial charge in [0.15, 0.2) is 0 Å². The number of nitrogens with zero attached hydrogens (tertiary/aromatic N) is 2. The number of rotatable bonds is 10. The normalized spacial score (nSPS) is 11.1. The number of amides is 1. The molecule has 178 valence electrons. The van der Waals surface area contributed by atoms with Crippen molar-refractivity contribution in [3.63, 3.8) is 0 Å². The number of sulfonamides is 1. The van der Waals surface area contributed by atoms with Gasteiger partial charge in [0, 0.05) is 5.56 Å². The smallest absolute Gasteiger partial charge is 0.264 e. The van der Waals surface area contributed by atoms with Crippen molar-refractivity contribution in [3.8, 4) is 17.2 Å². The molecule has 0 aliphatic heterocycles. The summed E-state index contributed by atoms with van der Waals surface area (Å²) in [5.74, 6) is 0.772. The van der Waals surface area contributed by atoms with E-state index < -0.39 is 22.5 Å². The van der Waals surface area contributed by atoms with E-state index in [-0.39, 0.29) is 10.6 Å². The average Bonchev–Trinajstić information content (AvgIpc) is 2.87. The largest absolute Gasteiger partial charge is 0.497 e. The third kappa shape index (κ3) is 5.65. The Balaban J connectivity index is 1.87. The molecule has 0 aliphatic rings. The monoisotopic (exact) mass is 483 g/mol. The summed E-state index contributed by atoms with van der Waals surface area (Å²) >= 11 is 0. The third-order valence-electron chi connectivity index (χ3n) is 4.80. The maximum atomic E-state index is 13.4. The van der Waals surface area contributed by atoms with E-state index in [1.807, 2.05) is 0 Å². The van der Waals surface area contributed by atoms with Crippen molar-refractivity contribution in [1.29, 1.82) is 0 Å². The highest BCUT2D eigenvalue weighted by Crippen LogP contribution is 2.32. The minimum Gasteiger partial charge on any atom is -0.497 e. The number of para-hydroxylation sites is 2. The summed E-state index contributed by atoms with van der Waals surface area (Å²) in [4.78, 5) is 12.8. The van der Waals surface area contributed by atoms with Crippen LogP contribution in [0.4, 0.5) is 5.69 Å². The Morgan fingerprint density at radius 1 is 0.912 bits per heavy atom.